The molecule has 3 heteroatoms. The molecular weight excluding hydrogens is 218 g/mol. The zero-order chi connectivity index (χ0) is 11.8. The topological polar surface area (TPSA) is 32.3 Å². The second kappa shape index (κ2) is 4.47. The predicted molar refractivity (Wildman–Crippen MR) is 69.0 cm³/mol. The molecule has 0 radical (unpaired) electrons. The average Bonchev–Trinajstić information content (AvgIpc) is 2.87. The molecule has 0 spiro atoms. The van der Waals surface area contributed by atoms with E-state index in [4.69, 9.17) is 0 Å². The molecule has 1 saturated carbocycles. The quantitative estimate of drug-likeness (QED) is 0.847. The first-order chi connectivity index (χ1) is 7.50. The standard InChI is InChI=1S/C13H21NOS/c1-13(2,3)12-7-6-11(16-12)10(8-15)14-9-4-5-9/h6-7,9-10,14-15H,4-5,8H2,1-3H3. The van der Waals surface area contributed by atoms with Gasteiger partial charge >= 0.3 is 0 Å². The summed E-state index contributed by atoms with van der Waals surface area (Å²) in [5, 5.41) is 12.9. The van der Waals surface area contributed by atoms with Crippen molar-refractivity contribution < 1.29 is 5.11 Å². The number of hydrogen-bond acceptors (Lipinski definition) is 3. The van der Waals surface area contributed by atoms with E-state index < -0.39 is 0 Å². The van der Waals surface area contributed by atoms with E-state index in [2.05, 4.69) is 38.2 Å². The van der Waals surface area contributed by atoms with Crippen LogP contribution >= 0.6 is 11.3 Å². The van der Waals surface area contributed by atoms with Crippen LogP contribution in [-0.2, 0) is 5.41 Å². The lowest BCUT2D eigenvalue weighted by atomic mass is 9.95. The van der Waals surface area contributed by atoms with Gasteiger partial charge in [-0.25, -0.2) is 0 Å². The highest BCUT2D eigenvalue weighted by Crippen LogP contribution is 2.33. The molecular formula is C13H21NOS. The second-order valence-electron chi connectivity index (χ2n) is 5.63. The maximum Gasteiger partial charge on any atom is 0.0652 e. The number of hydrogen-bond donors (Lipinski definition) is 2. The Labute approximate surface area is 102 Å². The molecule has 0 saturated heterocycles. The molecule has 16 heavy (non-hydrogen) atoms. The largest absolute Gasteiger partial charge is 0.394 e. The summed E-state index contributed by atoms with van der Waals surface area (Å²) >= 11 is 1.82. The van der Waals surface area contributed by atoms with Crippen LogP contribution in [0.25, 0.3) is 0 Å². The van der Waals surface area contributed by atoms with Crippen LogP contribution in [0.1, 0.15) is 49.4 Å². The van der Waals surface area contributed by atoms with Crippen LogP contribution in [0.5, 0.6) is 0 Å². The summed E-state index contributed by atoms with van der Waals surface area (Å²) in [7, 11) is 0. The van der Waals surface area contributed by atoms with E-state index in [0.717, 1.165) is 0 Å². The SMILES string of the molecule is CC(C)(C)c1ccc(C(CO)NC2CC2)s1. The van der Waals surface area contributed by atoms with Crippen LogP contribution < -0.4 is 5.32 Å². The zero-order valence-electron chi connectivity index (χ0n) is 10.3. The second-order valence-corrected chi connectivity index (χ2v) is 6.74. The third kappa shape index (κ3) is 2.84. The van der Waals surface area contributed by atoms with Gasteiger partial charge in [0.25, 0.3) is 0 Å². The van der Waals surface area contributed by atoms with Crippen LogP contribution in [0.3, 0.4) is 0 Å². The average molecular weight is 239 g/mol. The highest BCUT2D eigenvalue weighted by Gasteiger charge is 2.26. The summed E-state index contributed by atoms with van der Waals surface area (Å²) in [4.78, 5) is 2.65. The van der Waals surface area contributed by atoms with E-state index in [1.165, 1.54) is 22.6 Å². The molecule has 0 aliphatic heterocycles. The Hall–Kier alpha value is -0.380. The van der Waals surface area contributed by atoms with E-state index in [9.17, 15) is 5.11 Å². The van der Waals surface area contributed by atoms with Gasteiger partial charge in [0, 0.05) is 15.8 Å². The van der Waals surface area contributed by atoms with E-state index in [-0.39, 0.29) is 18.1 Å². The van der Waals surface area contributed by atoms with Crippen molar-refractivity contribution in [2.45, 2.75) is 51.1 Å². The monoisotopic (exact) mass is 239 g/mol. The Bertz CT molecular complexity index is 349. The van der Waals surface area contributed by atoms with Gasteiger partial charge in [-0.05, 0) is 30.4 Å². The van der Waals surface area contributed by atoms with Crippen molar-refractivity contribution in [1.82, 2.24) is 5.32 Å². The normalized spacial score (nSPS) is 18.8. The van der Waals surface area contributed by atoms with Crippen molar-refractivity contribution in [3.05, 3.63) is 21.9 Å². The first-order valence-corrected chi connectivity index (χ1v) is 6.79. The van der Waals surface area contributed by atoms with Crippen molar-refractivity contribution >= 4 is 11.3 Å². The predicted octanol–water partition coefficient (Wildman–Crippen LogP) is 2.83. The smallest absolute Gasteiger partial charge is 0.0652 e. The lowest BCUT2D eigenvalue weighted by molar-refractivity contribution is 0.245. The van der Waals surface area contributed by atoms with Gasteiger partial charge in [0.05, 0.1) is 12.6 Å². The molecule has 1 fully saturated rings. The third-order valence-corrected chi connectivity index (χ3v) is 4.53. The molecule has 0 bridgehead atoms. The lowest BCUT2D eigenvalue weighted by Gasteiger charge is -2.17. The summed E-state index contributed by atoms with van der Waals surface area (Å²) in [5.74, 6) is 0. The molecule has 0 aromatic carbocycles. The molecule has 2 nitrogen and oxygen atoms in total. The summed E-state index contributed by atoms with van der Waals surface area (Å²) in [6.07, 6.45) is 2.52. The Kier molecular flexibility index (Phi) is 3.38. The van der Waals surface area contributed by atoms with E-state index >= 15 is 0 Å². The van der Waals surface area contributed by atoms with Crippen molar-refractivity contribution in [2.24, 2.45) is 0 Å². The van der Waals surface area contributed by atoms with Crippen molar-refractivity contribution in [3.8, 4) is 0 Å². The maximum atomic E-state index is 9.41. The van der Waals surface area contributed by atoms with Crippen LogP contribution in [0.2, 0.25) is 0 Å². The first kappa shape index (κ1) is 12.1. The van der Waals surface area contributed by atoms with Gasteiger partial charge in [0.15, 0.2) is 0 Å². The van der Waals surface area contributed by atoms with Crippen LogP contribution in [0.15, 0.2) is 12.1 Å². The van der Waals surface area contributed by atoms with E-state index in [1.54, 1.807) is 0 Å². The highest BCUT2D eigenvalue weighted by molar-refractivity contribution is 7.12. The maximum absolute atomic E-state index is 9.41. The number of thiophene rings is 1. The Balaban J connectivity index is 2.09. The Morgan fingerprint density at radius 1 is 1.44 bits per heavy atom. The molecule has 2 N–H and O–H groups in total. The van der Waals surface area contributed by atoms with Gasteiger partial charge in [0.1, 0.15) is 0 Å². The molecule has 1 aliphatic carbocycles. The van der Waals surface area contributed by atoms with E-state index in [1.807, 2.05) is 11.3 Å². The summed E-state index contributed by atoms with van der Waals surface area (Å²) in [5.41, 5.74) is 0.211. The fourth-order valence-corrected chi connectivity index (χ4v) is 2.82. The number of aliphatic hydroxyl groups excluding tert-OH is 1. The zero-order valence-corrected chi connectivity index (χ0v) is 11.1. The molecule has 1 aromatic rings. The molecule has 1 unspecified atom stereocenters. The lowest BCUT2D eigenvalue weighted by Crippen LogP contribution is -2.25. The van der Waals surface area contributed by atoms with Gasteiger partial charge in [-0.1, -0.05) is 20.8 Å². The van der Waals surface area contributed by atoms with Gasteiger partial charge < -0.3 is 10.4 Å². The van der Waals surface area contributed by atoms with Gasteiger partial charge in [-0.15, -0.1) is 11.3 Å². The summed E-state index contributed by atoms with van der Waals surface area (Å²) in [6.45, 7) is 6.88. The minimum atomic E-state index is 0.133. The van der Waals surface area contributed by atoms with Crippen LogP contribution in [-0.4, -0.2) is 17.8 Å². The Morgan fingerprint density at radius 3 is 2.56 bits per heavy atom. The minimum Gasteiger partial charge on any atom is -0.394 e. The molecule has 1 atom stereocenters. The minimum absolute atomic E-state index is 0.133. The van der Waals surface area contributed by atoms with E-state index in [0.29, 0.717) is 6.04 Å². The van der Waals surface area contributed by atoms with Crippen LogP contribution in [0, 0.1) is 0 Å². The molecule has 90 valence electrons. The number of nitrogens with one attached hydrogen (secondary N) is 1. The van der Waals surface area contributed by atoms with Crippen LogP contribution in [0.4, 0.5) is 0 Å². The number of aliphatic hydroxyl groups is 1. The molecule has 0 amide bonds. The fourth-order valence-electron chi connectivity index (χ4n) is 1.70. The molecule has 1 aliphatic rings. The third-order valence-electron chi connectivity index (χ3n) is 2.91. The Morgan fingerprint density at radius 2 is 2.12 bits per heavy atom. The molecule has 1 heterocycles. The van der Waals surface area contributed by atoms with Gasteiger partial charge in [-0.2, -0.15) is 0 Å². The van der Waals surface area contributed by atoms with Gasteiger partial charge in [-0.3, -0.25) is 0 Å². The summed E-state index contributed by atoms with van der Waals surface area (Å²) in [6, 6.07) is 5.12. The van der Waals surface area contributed by atoms with Crippen molar-refractivity contribution in [1.29, 1.82) is 0 Å². The highest BCUT2D eigenvalue weighted by atomic mass is 32.1. The first-order valence-electron chi connectivity index (χ1n) is 5.98. The van der Waals surface area contributed by atoms with Gasteiger partial charge in [0.2, 0.25) is 0 Å². The molecule has 2 rings (SSSR count). The number of rotatable bonds is 4. The summed E-state index contributed by atoms with van der Waals surface area (Å²) < 4.78 is 0. The van der Waals surface area contributed by atoms with Crippen molar-refractivity contribution in [3.63, 3.8) is 0 Å². The van der Waals surface area contributed by atoms with Crippen molar-refractivity contribution in [2.75, 3.05) is 6.61 Å². The fraction of sp³-hybridized carbons (Fsp3) is 0.692. The molecule has 1 aromatic heterocycles.